The number of aryl methyl sites for hydroxylation is 1. The zero-order chi connectivity index (χ0) is 14.9. The molecular weight excluding hydrogens is 265 g/mol. The number of hydrogen-bond donors (Lipinski definition) is 1. The fraction of sp³-hybridized carbons (Fsp3) is 0.333. The lowest BCUT2D eigenvalue weighted by Crippen LogP contribution is -2.58. The molecule has 0 atom stereocenters. The molecule has 0 aliphatic carbocycles. The van der Waals surface area contributed by atoms with Crippen LogP contribution in [0.2, 0.25) is 0 Å². The Morgan fingerprint density at radius 3 is 2.43 bits per heavy atom. The van der Waals surface area contributed by atoms with Crippen molar-refractivity contribution in [1.82, 2.24) is 5.32 Å². The van der Waals surface area contributed by atoms with Crippen molar-refractivity contribution in [3.8, 4) is 5.75 Å². The lowest BCUT2D eigenvalue weighted by molar-refractivity contribution is 0.270. The van der Waals surface area contributed by atoms with Crippen LogP contribution in [0, 0.1) is 12.7 Å². The van der Waals surface area contributed by atoms with Gasteiger partial charge in [-0.05, 0) is 30.5 Å². The van der Waals surface area contributed by atoms with Crippen LogP contribution in [0.25, 0.3) is 0 Å². The van der Waals surface area contributed by atoms with Crippen molar-refractivity contribution in [3.05, 3.63) is 65.0 Å². The van der Waals surface area contributed by atoms with Crippen molar-refractivity contribution in [2.45, 2.75) is 18.8 Å². The average molecular weight is 285 g/mol. The summed E-state index contributed by atoms with van der Waals surface area (Å²) < 4.78 is 19.5. The fourth-order valence-electron chi connectivity index (χ4n) is 2.98. The van der Waals surface area contributed by atoms with Crippen LogP contribution in [0.4, 0.5) is 4.39 Å². The molecule has 1 aliphatic rings. The summed E-state index contributed by atoms with van der Waals surface area (Å²) in [6.45, 7) is 3.84. The molecule has 0 saturated carbocycles. The maximum atomic E-state index is 14.4. The van der Waals surface area contributed by atoms with Gasteiger partial charge < -0.3 is 10.1 Å². The summed E-state index contributed by atoms with van der Waals surface area (Å²) in [5.41, 5.74) is 3.22. The van der Waals surface area contributed by atoms with Crippen molar-refractivity contribution in [2.75, 3.05) is 20.2 Å². The molecule has 21 heavy (non-hydrogen) atoms. The number of methoxy groups -OCH3 is 1. The van der Waals surface area contributed by atoms with E-state index < -0.39 is 0 Å². The first-order chi connectivity index (χ1) is 10.1. The summed E-state index contributed by atoms with van der Waals surface area (Å²) >= 11 is 0. The molecule has 0 aromatic heterocycles. The Labute approximate surface area is 125 Å². The number of benzene rings is 2. The highest BCUT2D eigenvalue weighted by Crippen LogP contribution is 2.34. The van der Waals surface area contributed by atoms with Crippen LogP contribution in [0.15, 0.2) is 42.5 Å². The van der Waals surface area contributed by atoms with E-state index in [1.807, 2.05) is 12.1 Å². The second-order valence-electron chi connectivity index (χ2n) is 5.86. The molecule has 0 amide bonds. The molecule has 0 radical (unpaired) electrons. The normalized spacial score (nSPS) is 16.3. The smallest absolute Gasteiger partial charge is 0.168 e. The Bertz CT molecular complexity index is 632. The first-order valence-corrected chi connectivity index (χ1v) is 7.24. The maximum absolute atomic E-state index is 14.4. The van der Waals surface area contributed by atoms with Gasteiger partial charge in [-0.2, -0.15) is 0 Å². The van der Waals surface area contributed by atoms with E-state index in [0.717, 1.165) is 18.7 Å². The summed E-state index contributed by atoms with van der Waals surface area (Å²) in [6.07, 6.45) is 0.687. The van der Waals surface area contributed by atoms with Gasteiger partial charge in [-0.25, -0.2) is 4.39 Å². The highest BCUT2D eigenvalue weighted by molar-refractivity contribution is 5.38. The Morgan fingerprint density at radius 2 is 1.86 bits per heavy atom. The first kappa shape index (κ1) is 14.1. The lowest BCUT2D eigenvalue weighted by atomic mass is 9.71. The molecule has 1 aliphatic heterocycles. The standard InChI is InChI=1S/C18H20FNO/c1-13-6-8-15(9-7-13)18(11-20-12-18)10-14-4-3-5-16(21-2)17(14)19/h3-9,20H,10-12H2,1-2H3. The molecule has 0 unspecified atom stereocenters. The van der Waals surface area contributed by atoms with Gasteiger partial charge in [-0.1, -0.05) is 42.0 Å². The number of nitrogens with one attached hydrogen (secondary N) is 1. The molecule has 1 N–H and O–H groups in total. The Hall–Kier alpha value is -1.87. The van der Waals surface area contributed by atoms with Crippen LogP contribution < -0.4 is 10.1 Å². The van der Waals surface area contributed by atoms with Crippen LogP contribution in [-0.4, -0.2) is 20.2 Å². The maximum Gasteiger partial charge on any atom is 0.168 e. The number of rotatable bonds is 4. The highest BCUT2D eigenvalue weighted by atomic mass is 19.1. The SMILES string of the molecule is COc1cccc(CC2(c3ccc(C)cc3)CNC2)c1F. The third kappa shape index (κ3) is 2.54. The number of hydrogen-bond acceptors (Lipinski definition) is 2. The number of halogens is 1. The zero-order valence-electron chi connectivity index (χ0n) is 12.4. The molecule has 3 rings (SSSR count). The molecule has 2 aromatic rings. The van der Waals surface area contributed by atoms with Gasteiger partial charge in [-0.15, -0.1) is 0 Å². The van der Waals surface area contributed by atoms with E-state index in [-0.39, 0.29) is 11.2 Å². The predicted molar refractivity (Wildman–Crippen MR) is 82.4 cm³/mol. The van der Waals surface area contributed by atoms with Crippen molar-refractivity contribution in [3.63, 3.8) is 0 Å². The van der Waals surface area contributed by atoms with Crippen LogP contribution in [0.5, 0.6) is 5.75 Å². The second-order valence-corrected chi connectivity index (χ2v) is 5.86. The van der Waals surface area contributed by atoms with Gasteiger partial charge in [0.1, 0.15) is 0 Å². The van der Waals surface area contributed by atoms with Crippen molar-refractivity contribution >= 4 is 0 Å². The molecule has 3 heteroatoms. The van der Waals surface area contributed by atoms with E-state index in [9.17, 15) is 4.39 Å². The summed E-state index contributed by atoms with van der Waals surface area (Å²) in [4.78, 5) is 0. The minimum Gasteiger partial charge on any atom is -0.494 e. The average Bonchev–Trinajstić information content (AvgIpc) is 2.46. The van der Waals surface area contributed by atoms with Crippen molar-refractivity contribution < 1.29 is 9.13 Å². The van der Waals surface area contributed by atoms with Gasteiger partial charge in [0.2, 0.25) is 0 Å². The molecule has 0 spiro atoms. The largest absolute Gasteiger partial charge is 0.494 e. The molecular formula is C18H20FNO. The van der Waals surface area contributed by atoms with E-state index in [1.165, 1.54) is 18.2 Å². The predicted octanol–water partition coefficient (Wildman–Crippen LogP) is 3.23. The van der Waals surface area contributed by atoms with Gasteiger partial charge in [-0.3, -0.25) is 0 Å². The molecule has 2 nitrogen and oxygen atoms in total. The van der Waals surface area contributed by atoms with E-state index in [1.54, 1.807) is 6.07 Å². The van der Waals surface area contributed by atoms with E-state index >= 15 is 0 Å². The quantitative estimate of drug-likeness (QED) is 0.931. The van der Waals surface area contributed by atoms with Gasteiger partial charge in [0.25, 0.3) is 0 Å². The van der Waals surface area contributed by atoms with E-state index in [0.29, 0.717) is 12.2 Å². The van der Waals surface area contributed by atoms with Crippen LogP contribution >= 0.6 is 0 Å². The third-order valence-corrected chi connectivity index (χ3v) is 4.38. The number of ether oxygens (including phenoxy) is 1. The second kappa shape index (κ2) is 5.49. The van der Waals surface area contributed by atoms with Crippen LogP contribution in [0.3, 0.4) is 0 Å². The minimum atomic E-state index is -0.238. The first-order valence-electron chi connectivity index (χ1n) is 7.24. The topological polar surface area (TPSA) is 21.3 Å². The summed E-state index contributed by atoms with van der Waals surface area (Å²) in [5, 5.41) is 3.33. The molecule has 1 fully saturated rings. The van der Waals surface area contributed by atoms with Crippen LogP contribution in [0.1, 0.15) is 16.7 Å². The molecule has 1 saturated heterocycles. The van der Waals surface area contributed by atoms with Gasteiger partial charge in [0, 0.05) is 18.5 Å². The summed E-state index contributed by atoms with van der Waals surface area (Å²) in [5.74, 6) is 0.0808. The molecule has 0 bridgehead atoms. The molecule has 2 aromatic carbocycles. The van der Waals surface area contributed by atoms with Gasteiger partial charge in [0.15, 0.2) is 11.6 Å². The summed E-state index contributed by atoms with van der Waals surface area (Å²) in [7, 11) is 1.50. The zero-order valence-corrected chi connectivity index (χ0v) is 12.4. The lowest BCUT2D eigenvalue weighted by Gasteiger charge is -2.43. The Kier molecular flexibility index (Phi) is 3.68. The monoisotopic (exact) mass is 285 g/mol. The van der Waals surface area contributed by atoms with E-state index in [2.05, 4.69) is 36.5 Å². The summed E-state index contributed by atoms with van der Waals surface area (Å²) in [6, 6.07) is 13.9. The van der Waals surface area contributed by atoms with Gasteiger partial charge >= 0.3 is 0 Å². The molecule has 110 valence electrons. The highest BCUT2D eigenvalue weighted by Gasteiger charge is 2.39. The minimum absolute atomic E-state index is 0.0130. The van der Waals surface area contributed by atoms with Crippen molar-refractivity contribution in [2.24, 2.45) is 0 Å². The van der Waals surface area contributed by atoms with Crippen molar-refractivity contribution in [1.29, 1.82) is 0 Å². The fourth-order valence-corrected chi connectivity index (χ4v) is 2.98. The third-order valence-electron chi connectivity index (χ3n) is 4.38. The van der Waals surface area contributed by atoms with Crippen LogP contribution in [-0.2, 0) is 11.8 Å². The van der Waals surface area contributed by atoms with Gasteiger partial charge in [0.05, 0.1) is 7.11 Å². The molecule has 1 heterocycles. The Morgan fingerprint density at radius 1 is 1.14 bits per heavy atom. The van der Waals surface area contributed by atoms with E-state index in [4.69, 9.17) is 4.74 Å². The Balaban J connectivity index is 1.93.